The zero-order chi connectivity index (χ0) is 13.9. The van der Waals surface area contributed by atoms with Crippen LogP contribution in [0.2, 0.25) is 15.1 Å². The lowest BCUT2D eigenvalue weighted by Gasteiger charge is -2.18. The van der Waals surface area contributed by atoms with Crippen LogP contribution in [-0.2, 0) is 4.79 Å². The molecule has 3 N–H and O–H groups in total. The Morgan fingerprint density at radius 2 is 1.83 bits per heavy atom. The second-order valence-corrected chi connectivity index (χ2v) is 5.40. The standard InChI is InChI=1S/C12H15Cl3N2O/c1-3-6(2)10(16)12(18)17-11-8(14)4-7(13)5-9(11)15/h4-6,10H,3,16H2,1-2H3,(H,17,18)/t6?,10-/m0/s1. The summed E-state index contributed by atoms with van der Waals surface area (Å²) in [4.78, 5) is 11.9. The highest BCUT2D eigenvalue weighted by Gasteiger charge is 2.21. The van der Waals surface area contributed by atoms with Crippen LogP contribution in [0.4, 0.5) is 5.69 Å². The van der Waals surface area contributed by atoms with Crippen molar-refractivity contribution < 1.29 is 4.79 Å². The van der Waals surface area contributed by atoms with Gasteiger partial charge in [0.25, 0.3) is 0 Å². The number of rotatable bonds is 4. The summed E-state index contributed by atoms with van der Waals surface area (Å²) in [7, 11) is 0. The molecule has 0 bridgehead atoms. The van der Waals surface area contributed by atoms with Crippen molar-refractivity contribution in [2.75, 3.05) is 5.32 Å². The fraction of sp³-hybridized carbons (Fsp3) is 0.417. The number of halogens is 3. The summed E-state index contributed by atoms with van der Waals surface area (Å²) < 4.78 is 0. The Kier molecular flexibility index (Phi) is 5.73. The third kappa shape index (κ3) is 3.75. The van der Waals surface area contributed by atoms with Gasteiger partial charge in [-0.05, 0) is 18.1 Å². The SMILES string of the molecule is CCC(C)[C@H](N)C(=O)Nc1c(Cl)cc(Cl)cc1Cl. The highest BCUT2D eigenvalue weighted by molar-refractivity contribution is 6.42. The van der Waals surface area contributed by atoms with Gasteiger partial charge in [-0.15, -0.1) is 0 Å². The van der Waals surface area contributed by atoms with Crippen molar-refractivity contribution in [2.45, 2.75) is 26.3 Å². The van der Waals surface area contributed by atoms with Gasteiger partial charge >= 0.3 is 0 Å². The molecule has 1 aromatic rings. The molecule has 0 aliphatic carbocycles. The number of carbonyl (C=O) groups excluding carboxylic acids is 1. The minimum Gasteiger partial charge on any atom is -0.322 e. The Bertz CT molecular complexity index is 428. The van der Waals surface area contributed by atoms with E-state index in [1.165, 1.54) is 12.1 Å². The maximum Gasteiger partial charge on any atom is 0.241 e. The van der Waals surface area contributed by atoms with Gasteiger partial charge < -0.3 is 11.1 Å². The number of amides is 1. The average molecular weight is 310 g/mol. The Morgan fingerprint density at radius 1 is 1.33 bits per heavy atom. The fourth-order valence-corrected chi connectivity index (χ4v) is 2.29. The summed E-state index contributed by atoms with van der Waals surface area (Å²) in [5.74, 6) is -0.231. The summed E-state index contributed by atoms with van der Waals surface area (Å²) in [6.07, 6.45) is 0.816. The normalized spacial score (nSPS) is 14.1. The minimum absolute atomic E-state index is 0.0786. The van der Waals surface area contributed by atoms with Gasteiger partial charge in [-0.3, -0.25) is 4.79 Å². The lowest BCUT2D eigenvalue weighted by Crippen LogP contribution is -2.40. The Hall–Kier alpha value is -0.480. The van der Waals surface area contributed by atoms with Crippen LogP contribution in [0.25, 0.3) is 0 Å². The zero-order valence-corrected chi connectivity index (χ0v) is 12.4. The zero-order valence-electron chi connectivity index (χ0n) is 10.1. The van der Waals surface area contributed by atoms with Gasteiger partial charge in [0.1, 0.15) is 0 Å². The number of nitrogens with two attached hydrogens (primary N) is 1. The number of nitrogens with one attached hydrogen (secondary N) is 1. The van der Waals surface area contributed by atoms with Gasteiger partial charge in [0.15, 0.2) is 0 Å². The van der Waals surface area contributed by atoms with Crippen molar-refractivity contribution in [3.05, 3.63) is 27.2 Å². The summed E-state index contributed by atoms with van der Waals surface area (Å²) in [6.45, 7) is 3.88. The molecule has 1 rings (SSSR count). The van der Waals surface area contributed by atoms with E-state index in [0.29, 0.717) is 10.7 Å². The monoisotopic (exact) mass is 308 g/mol. The van der Waals surface area contributed by atoms with E-state index in [4.69, 9.17) is 40.5 Å². The third-order valence-electron chi connectivity index (χ3n) is 2.81. The summed E-state index contributed by atoms with van der Waals surface area (Å²) in [5.41, 5.74) is 6.16. The molecule has 1 unspecified atom stereocenters. The second-order valence-electron chi connectivity index (χ2n) is 4.15. The number of hydrogen-bond acceptors (Lipinski definition) is 2. The van der Waals surface area contributed by atoms with Crippen LogP contribution in [0.3, 0.4) is 0 Å². The van der Waals surface area contributed by atoms with Crippen LogP contribution in [0.5, 0.6) is 0 Å². The summed E-state index contributed by atoms with van der Waals surface area (Å²) in [5, 5.41) is 3.62. The van der Waals surface area contributed by atoms with E-state index >= 15 is 0 Å². The molecular formula is C12H15Cl3N2O. The van der Waals surface area contributed by atoms with Crippen molar-refractivity contribution in [1.82, 2.24) is 0 Å². The van der Waals surface area contributed by atoms with Gasteiger partial charge in [-0.25, -0.2) is 0 Å². The molecule has 0 aromatic heterocycles. The van der Waals surface area contributed by atoms with Crippen LogP contribution in [-0.4, -0.2) is 11.9 Å². The smallest absolute Gasteiger partial charge is 0.241 e. The minimum atomic E-state index is -0.599. The van der Waals surface area contributed by atoms with Gasteiger partial charge in [-0.2, -0.15) is 0 Å². The first-order chi connectivity index (χ1) is 8.36. The molecule has 0 heterocycles. The van der Waals surface area contributed by atoms with Gasteiger partial charge in [0.05, 0.1) is 21.8 Å². The molecule has 0 saturated carbocycles. The van der Waals surface area contributed by atoms with Crippen molar-refractivity contribution in [3.63, 3.8) is 0 Å². The van der Waals surface area contributed by atoms with Crippen LogP contribution in [0.1, 0.15) is 20.3 Å². The molecule has 18 heavy (non-hydrogen) atoms. The van der Waals surface area contributed by atoms with Crippen molar-refractivity contribution in [3.8, 4) is 0 Å². The van der Waals surface area contributed by atoms with E-state index in [1.807, 2.05) is 13.8 Å². The molecule has 3 nitrogen and oxygen atoms in total. The lowest BCUT2D eigenvalue weighted by molar-refractivity contribution is -0.118. The van der Waals surface area contributed by atoms with E-state index in [9.17, 15) is 4.79 Å². The molecule has 100 valence electrons. The van der Waals surface area contributed by atoms with E-state index in [-0.39, 0.29) is 21.9 Å². The second kappa shape index (κ2) is 6.62. The largest absolute Gasteiger partial charge is 0.322 e. The fourth-order valence-electron chi connectivity index (χ4n) is 1.38. The Morgan fingerprint density at radius 3 is 2.28 bits per heavy atom. The molecule has 6 heteroatoms. The molecule has 2 atom stereocenters. The molecule has 0 saturated heterocycles. The molecule has 0 aliphatic heterocycles. The molecule has 0 aliphatic rings. The predicted octanol–water partition coefficient (Wildman–Crippen LogP) is 3.96. The van der Waals surface area contributed by atoms with E-state index < -0.39 is 6.04 Å². The van der Waals surface area contributed by atoms with Crippen molar-refractivity contribution >= 4 is 46.4 Å². The quantitative estimate of drug-likeness (QED) is 0.884. The van der Waals surface area contributed by atoms with Gasteiger partial charge in [-0.1, -0.05) is 55.1 Å². The Balaban J connectivity index is 2.89. The molecule has 1 aromatic carbocycles. The van der Waals surface area contributed by atoms with E-state index in [1.54, 1.807) is 0 Å². The van der Waals surface area contributed by atoms with Crippen LogP contribution < -0.4 is 11.1 Å². The number of anilines is 1. The molecule has 0 radical (unpaired) electrons. The van der Waals surface area contributed by atoms with Crippen LogP contribution in [0.15, 0.2) is 12.1 Å². The summed E-state index contributed by atoms with van der Waals surface area (Å²) >= 11 is 17.7. The lowest BCUT2D eigenvalue weighted by atomic mass is 9.99. The van der Waals surface area contributed by atoms with Crippen LogP contribution >= 0.6 is 34.8 Å². The first-order valence-electron chi connectivity index (χ1n) is 5.57. The maximum atomic E-state index is 11.9. The summed E-state index contributed by atoms with van der Waals surface area (Å²) in [6, 6.07) is 2.43. The van der Waals surface area contributed by atoms with Crippen molar-refractivity contribution in [2.24, 2.45) is 11.7 Å². The highest BCUT2D eigenvalue weighted by atomic mass is 35.5. The molecule has 1 amide bonds. The van der Waals surface area contributed by atoms with E-state index in [2.05, 4.69) is 5.32 Å². The topological polar surface area (TPSA) is 55.1 Å². The van der Waals surface area contributed by atoms with Gasteiger partial charge in [0, 0.05) is 5.02 Å². The Labute approximate surface area is 122 Å². The predicted molar refractivity (Wildman–Crippen MR) is 77.5 cm³/mol. The van der Waals surface area contributed by atoms with Crippen LogP contribution in [0, 0.1) is 5.92 Å². The molecular weight excluding hydrogens is 295 g/mol. The first kappa shape index (κ1) is 15.6. The number of benzene rings is 1. The maximum absolute atomic E-state index is 11.9. The first-order valence-corrected chi connectivity index (χ1v) is 6.71. The number of hydrogen-bond donors (Lipinski definition) is 2. The molecule has 0 fully saturated rings. The number of carbonyl (C=O) groups is 1. The van der Waals surface area contributed by atoms with Gasteiger partial charge in [0.2, 0.25) is 5.91 Å². The van der Waals surface area contributed by atoms with E-state index in [0.717, 1.165) is 6.42 Å². The van der Waals surface area contributed by atoms with Crippen molar-refractivity contribution in [1.29, 1.82) is 0 Å². The third-order valence-corrected chi connectivity index (χ3v) is 3.63. The molecule has 0 spiro atoms. The average Bonchev–Trinajstić information content (AvgIpc) is 2.31. The highest BCUT2D eigenvalue weighted by Crippen LogP contribution is 2.33.